The van der Waals surface area contributed by atoms with E-state index in [2.05, 4.69) is 20.8 Å². The van der Waals surface area contributed by atoms with Crippen LogP contribution in [0.5, 0.6) is 0 Å². The van der Waals surface area contributed by atoms with Gasteiger partial charge in [-0.15, -0.1) is 0 Å². The van der Waals surface area contributed by atoms with Gasteiger partial charge in [-0.25, -0.2) is 0 Å². The predicted octanol–water partition coefficient (Wildman–Crippen LogP) is 8.51. The second-order valence-electron chi connectivity index (χ2n) is 11.5. The van der Waals surface area contributed by atoms with Crippen LogP contribution in [-0.4, -0.2) is 34.7 Å². The van der Waals surface area contributed by atoms with Crippen LogP contribution in [0.4, 0.5) is 0 Å². The average molecular weight is 519 g/mol. The molecule has 2 aliphatic rings. The Labute approximate surface area is 217 Å². The standard InChI is InChI=1S/C29H59O5P/c1-6-25(7-2)29(9-4)22-17-13-16-20-26(29)19-15-12-10-11-14-18-24(5)33-35(30,31)34-28-21-23-32-27(28)8-3/h24-28,30-31,35H,6-23H2,1-5H3. The van der Waals surface area contributed by atoms with Crippen molar-refractivity contribution in [2.24, 2.45) is 17.3 Å². The molecule has 1 saturated heterocycles. The van der Waals surface area contributed by atoms with Crippen molar-refractivity contribution in [3.63, 3.8) is 0 Å². The second kappa shape index (κ2) is 16.2. The monoisotopic (exact) mass is 518 g/mol. The molecule has 1 saturated carbocycles. The van der Waals surface area contributed by atoms with Gasteiger partial charge in [0.25, 0.3) is 0 Å². The topological polar surface area (TPSA) is 68.2 Å². The summed E-state index contributed by atoms with van der Waals surface area (Å²) in [6.07, 6.45) is 20.7. The molecular formula is C29H59O5P. The third kappa shape index (κ3) is 9.80. The Bertz CT molecular complexity index is 555. The first-order valence-corrected chi connectivity index (χ1v) is 16.9. The fourth-order valence-corrected chi connectivity index (χ4v) is 8.74. The Balaban J connectivity index is 1.65. The summed E-state index contributed by atoms with van der Waals surface area (Å²) in [4.78, 5) is 20.6. The van der Waals surface area contributed by atoms with E-state index in [0.29, 0.717) is 18.4 Å². The Morgan fingerprint density at radius 2 is 1.66 bits per heavy atom. The van der Waals surface area contributed by atoms with E-state index in [1.165, 1.54) is 83.5 Å². The third-order valence-corrected chi connectivity index (χ3v) is 10.7. The molecule has 1 heterocycles. The molecule has 1 aliphatic heterocycles. The van der Waals surface area contributed by atoms with Gasteiger partial charge in [0.15, 0.2) is 0 Å². The van der Waals surface area contributed by atoms with Crippen molar-refractivity contribution in [1.29, 1.82) is 0 Å². The van der Waals surface area contributed by atoms with Crippen LogP contribution in [0.2, 0.25) is 0 Å². The van der Waals surface area contributed by atoms with Crippen molar-refractivity contribution in [2.75, 3.05) is 6.61 Å². The molecule has 210 valence electrons. The van der Waals surface area contributed by atoms with Crippen molar-refractivity contribution in [3.05, 3.63) is 0 Å². The van der Waals surface area contributed by atoms with Crippen LogP contribution in [0.3, 0.4) is 0 Å². The molecule has 1 aliphatic carbocycles. The first-order valence-electron chi connectivity index (χ1n) is 15.2. The number of unbranched alkanes of at least 4 members (excludes halogenated alkanes) is 4. The number of hydrogen-bond acceptors (Lipinski definition) is 5. The smallest absolute Gasteiger partial charge is 0.0651 e. The SMILES string of the molecule is CCC1OCCC1O[PH](O)(O)OC(C)CCCCCCCC1CCCCCC1(CC)C(CC)CC. The second-order valence-corrected chi connectivity index (χ2v) is 13.0. The van der Waals surface area contributed by atoms with Crippen LogP contribution in [0.25, 0.3) is 0 Å². The van der Waals surface area contributed by atoms with E-state index in [0.717, 1.165) is 31.1 Å². The minimum atomic E-state index is -4.11. The Kier molecular flexibility index (Phi) is 14.6. The van der Waals surface area contributed by atoms with Crippen molar-refractivity contribution >= 4 is 8.17 Å². The minimum absolute atomic E-state index is 0.0598. The van der Waals surface area contributed by atoms with Gasteiger partial charge in [-0.2, -0.15) is 0 Å². The molecular weight excluding hydrogens is 459 g/mol. The summed E-state index contributed by atoms with van der Waals surface area (Å²) in [6, 6.07) is 0. The van der Waals surface area contributed by atoms with Crippen molar-refractivity contribution in [1.82, 2.24) is 0 Å². The molecule has 5 nitrogen and oxygen atoms in total. The van der Waals surface area contributed by atoms with E-state index in [1.54, 1.807) is 0 Å². The molecule has 0 amide bonds. The van der Waals surface area contributed by atoms with Gasteiger partial charge in [0.05, 0.1) is 0 Å². The molecule has 0 radical (unpaired) electrons. The molecule has 0 aromatic carbocycles. The van der Waals surface area contributed by atoms with Crippen LogP contribution in [0.1, 0.15) is 144 Å². The van der Waals surface area contributed by atoms with Crippen LogP contribution in [0.15, 0.2) is 0 Å². The van der Waals surface area contributed by atoms with Crippen molar-refractivity contribution < 1.29 is 23.6 Å². The molecule has 5 unspecified atom stereocenters. The third-order valence-electron chi connectivity index (χ3n) is 9.34. The van der Waals surface area contributed by atoms with E-state index in [-0.39, 0.29) is 18.3 Å². The first kappa shape index (κ1) is 31.4. The van der Waals surface area contributed by atoms with Crippen LogP contribution >= 0.6 is 8.17 Å². The van der Waals surface area contributed by atoms with Gasteiger partial charge in [0.2, 0.25) is 0 Å². The summed E-state index contributed by atoms with van der Waals surface area (Å²) in [5.74, 6) is 1.81. The quantitative estimate of drug-likeness (QED) is 0.115. The molecule has 2 N–H and O–H groups in total. The molecule has 6 heteroatoms. The molecule has 5 atom stereocenters. The summed E-state index contributed by atoms with van der Waals surface area (Å²) >= 11 is 0. The van der Waals surface area contributed by atoms with Gasteiger partial charge < -0.3 is 0 Å². The molecule has 0 bridgehead atoms. The normalized spacial score (nSPS) is 29.4. The molecule has 0 aromatic rings. The van der Waals surface area contributed by atoms with Gasteiger partial charge in [0, 0.05) is 0 Å². The summed E-state index contributed by atoms with van der Waals surface area (Å²) in [5, 5.41) is 0. The van der Waals surface area contributed by atoms with Gasteiger partial charge >= 0.3 is 171 Å². The maximum atomic E-state index is 10.3. The predicted molar refractivity (Wildman–Crippen MR) is 149 cm³/mol. The minimum Gasteiger partial charge on any atom is -0.0651 e. The zero-order valence-corrected chi connectivity index (χ0v) is 24.7. The van der Waals surface area contributed by atoms with E-state index in [4.69, 9.17) is 13.8 Å². The number of rotatable bonds is 17. The van der Waals surface area contributed by atoms with Gasteiger partial charge in [-0.05, 0) is 0 Å². The van der Waals surface area contributed by atoms with E-state index < -0.39 is 8.17 Å². The van der Waals surface area contributed by atoms with Gasteiger partial charge in [-0.1, -0.05) is 46.5 Å². The average Bonchev–Trinajstić information content (AvgIpc) is 3.16. The van der Waals surface area contributed by atoms with Crippen LogP contribution < -0.4 is 0 Å². The van der Waals surface area contributed by atoms with Crippen molar-refractivity contribution in [2.45, 2.75) is 162 Å². The zero-order valence-electron chi connectivity index (χ0n) is 23.7. The molecule has 2 fully saturated rings. The van der Waals surface area contributed by atoms with Crippen LogP contribution in [-0.2, 0) is 13.8 Å². The fraction of sp³-hybridized carbons (Fsp3) is 1.00. The summed E-state index contributed by atoms with van der Waals surface area (Å²) in [5.41, 5.74) is 0.585. The Hall–Kier alpha value is 0.230. The Morgan fingerprint density at radius 1 is 0.943 bits per heavy atom. The van der Waals surface area contributed by atoms with E-state index >= 15 is 0 Å². The maximum absolute atomic E-state index is 10.3. The first-order chi connectivity index (χ1) is 16.8. The molecule has 0 aromatic heterocycles. The molecule has 2 rings (SSSR count). The molecule has 35 heavy (non-hydrogen) atoms. The number of hydrogen-bond donors (Lipinski definition) is 2. The Morgan fingerprint density at radius 3 is 2.34 bits per heavy atom. The van der Waals surface area contributed by atoms with E-state index in [9.17, 15) is 9.79 Å². The van der Waals surface area contributed by atoms with E-state index in [1.807, 2.05) is 13.8 Å². The van der Waals surface area contributed by atoms with Crippen LogP contribution in [0, 0.1) is 17.3 Å². The molecule has 0 spiro atoms. The summed E-state index contributed by atoms with van der Waals surface area (Å²) in [6.45, 7) is 11.9. The van der Waals surface area contributed by atoms with Gasteiger partial charge in [-0.3, -0.25) is 0 Å². The zero-order chi connectivity index (χ0) is 25.7. The fourth-order valence-electron chi connectivity index (χ4n) is 7.38. The summed E-state index contributed by atoms with van der Waals surface area (Å²) in [7, 11) is -4.11. The number of ether oxygens (including phenoxy) is 1. The summed E-state index contributed by atoms with van der Waals surface area (Å²) < 4.78 is 16.7. The van der Waals surface area contributed by atoms with Crippen molar-refractivity contribution in [3.8, 4) is 0 Å². The van der Waals surface area contributed by atoms with Gasteiger partial charge in [0.1, 0.15) is 0 Å².